The largest absolute Gasteiger partial charge is 0.478 e. The molecule has 1 atom stereocenters. The summed E-state index contributed by atoms with van der Waals surface area (Å²) in [6, 6.07) is 14.2. The van der Waals surface area contributed by atoms with E-state index in [0.29, 0.717) is 21.9 Å². The van der Waals surface area contributed by atoms with Crippen molar-refractivity contribution < 1.29 is 14.7 Å². The van der Waals surface area contributed by atoms with Crippen molar-refractivity contribution in [3.05, 3.63) is 59.7 Å². The Morgan fingerprint density at radius 1 is 1.00 bits per heavy atom. The fourth-order valence-electron chi connectivity index (χ4n) is 3.46. The van der Waals surface area contributed by atoms with Gasteiger partial charge < -0.3 is 10.0 Å². The monoisotopic (exact) mass is 369 g/mol. The van der Waals surface area contributed by atoms with Crippen LogP contribution in [0, 0.1) is 0 Å². The van der Waals surface area contributed by atoms with Crippen LogP contribution in [-0.2, 0) is 0 Å². The molecule has 2 aromatic rings. The van der Waals surface area contributed by atoms with Gasteiger partial charge in [-0.1, -0.05) is 42.8 Å². The molecular weight excluding hydrogens is 346 g/mol. The zero-order chi connectivity index (χ0) is 18.5. The van der Waals surface area contributed by atoms with Gasteiger partial charge in [0.05, 0.1) is 5.56 Å². The molecule has 4 nitrogen and oxygen atoms in total. The van der Waals surface area contributed by atoms with Gasteiger partial charge >= 0.3 is 5.97 Å². The van der Waals surface area contributed by atoms with E-state index in [1.54, 1.807) is 30.3 Å². The lowest BCUT2D eigenvalue weighted by molar-refractivity contribution is 0.0696. The maximum absolute atomic E-state index is 13.3. The summed E-state index contributed by atoms with van der Waals surface area (Å²) in [6.45, 7) is 1.50. The van der Waals surface area contributed by atoms with E-state index in [2.05, 4.69) is 6.26 Å². The van der Waals surface area contributed by atoms with Crippen LogP contribution in [-0.4, -0.2) is 46.5 Å². The number of hydrogen-bond donors (Lipinski definition) is 1. The predicted molar refractivity (Wildman–Crippen MR) is 106 cm³/mol. The SMILES string of the molecule is CSC1CCCCN(C(=O)c2ccccc2-c2ccccc2C(=O)O)C1. The van der Waals surface area contributed by atoms with Gasteiger partial charge in [-0.15, -0.1) is 0 Å². The number of carbonyl (C=O) groups is 2. The molecule has 0 aromatic heterocycles. The second-order valence-corrected chi connectivity index (χ2v) is 7.64. The van der Waals surface area contributed by atoms with Crippen molar-refractivity contribution in [1.82, 2.24) is 4.90 Å². The van der Waals surface area contributed by atoms with Crippen LogP contribution in [0.5, 0.6) is 0 Å². The van der Waals surface area contributed by atoms with Crippen LogP contribution in [0.25, 0.3) is 11.1 Å². The van der Waals surface area contributed by atoms with E-state index in [4.69, 9.17) is 0 Å². The maximum Gasteiger partial charge on any atom is 0.336 e. The van der Waals surface area contributed by atoms with Gasteiger partial charge in [-0.25, -0.2) is 4.79 Å². The van der Waals surface area contributed by atoms with Crippen molar-refractivity contribution in [2.75, 3.05) is 19.3 Å². The van der Waals surface area contributed by atoms with Gasteiger partial charge in [-0.2, -0.15) is 11.8 Å². The molecule has 136 valence electrons. The summed E-state index contributed by atoms with van der Waals surface area (Å²) in [5.41, 5.74) is 2.05. The van der Waals surface area contributed by atoms with E-state index in [1.165, 1.54) is 0 Å². The number of amides is 1. The summed E-state index contributed by atoms with van der Waals surface area (Å²) in [5, 5.41) is 9.97. The Hall–Kier alpha value is -2.27. The minimum atomic E-state index is -0.986. The maximum atomic E-state index is 13.3. The molecule has 1 heterocycles. The van der Waals surface area contributed by atoms with Gasteiger partial charge in [-0.3, -0.25) is 4.79 Å². The quantitative estimate of drug-likeness (QED) is 0.867. The highest BCUT2D eigenvalue weighted by Gasteiger charge is 2.25. The Balaban J connectivity index is 2.00. The van der Waals surface area contributed by atoms with E-state index >= 15 is 0 Å². The normalized spacial score (nSPS) is 17.6. The van der Waals surface area contributed by atoms with Crippen LogP contribution in [0.1, 0.15) is 40.0 Å². The molecule has 26 heavy (non-hydrogen) atoms. The Morgan fingerprint density at radius 3 is 2.27 bits per heavy atom. The lowest BCUT2D eigenvalue weighted by Crippen LogP contribution is -2.35. The second-order valence-electron chi connectivity index (χ2n) is 6.50. The number of thioether (sulfide) groups is 1. The fourth-order valence-corrected chi connectivity index (χ4v) is 4.19. The zero-order valence-corrected chi connectivity index (χ0v) is 15.7. The minimum Gasteiger partial charge on any atom is -0.478 e. The number of nitrogens with zero attached hydrogens (tertiary/aromatic N) is 1. The molecular formula is C21H23NO3S. The summed E-state index contributed by atoms with van der Waals surface area (Å²) >= 11 is 1.81. The van der Waals surface area contributed by atoms with E-state index in [-0.39, 0.29) is 11.5 Å². The highest BCUT2D eigenvalue weighted by molar-refractivity contribution is 7.99. The average Bonchev–Trinajstić information content (AvgIpc) is 2.93. The summed E-state index contributed by atoms with van der Waals surface area (Å²) in [7, 11) is 0. The molecule has 0 spiro atoms. The van der Waals surface area contributed by atoms with Gasteiger partial charge in [0, 0.05) is 23.9 Å². The smallest absolute Gasteiger partial charge is 0.336 e. The van der Waals surface area contributed by atoms with Crippen molar-refractivity contribution in [3.63, 3.8) is 0 Å². The molecule has 3 rings (SSSR count). The minimum absolute atomic E-state index is 0.0123. The Kier molecular flexibility index (Phi) is 5.99. The number of likely N-dealkylation sites (tertiary alicyclic amines) is 1. The second kappa shape index (κ2) is 8.41. The number of carbonyl (C=O) groups excluding carboxylic acids is 1. The number of carboxylic acid groups (broad SMARTS) is 1. The van der Waals surface area contributed by atoms with Crippen LogP contribution in [0.15, 0.2) is 48.5 Å². The third-order valence-corrected chi connectivity index (χ3v) is 5.91. The molecule has 1 fully saturated rings. The van der Waals surface area contributed by atoms with Gasteiger partial charge in [0.2, 0.25) is 0 Å². The fraction of sp³-hybridized carbons (Fsp3) is 0.333. The van der Waals surface area contributed by atoms with E-state index in [1.807, 2.05) is 34.9 Å². The lowest BCUT2D eigenvalue weighted by atomic mass is 9.94. The first-order valence-electron chi connectivity index (χ1n) is 8.85. The third kappa shape index (κ3) is 3.93. The summed E-state index contributed by atoms with van der Waals surface area (Å²) in [5.74, 6) is -0.998. The molecule has 1 amide bonds. The van der Waals surface area contributed by atoms with E-state index < -0.39 is 5.97 Å². The van der Waals surface area contributed by atoms with Crippen molar-refractivity contribution >= 4 is 23.6 Å². The summed E-state index contributed by atoms with van der Waals surface area (Å²) in [6.07, 6.45) is 5.37. The summed E-state index contributed by atoms with van der Waals surface area (Å²) < 4.78 is 0. The van der Waals surface area contributed by atoms with Gasteiger partial charge in [0.15, 0.2) is 0 Å². The number of aromatic carboxylic acids is 1. The molecule has 0 saturated carbocycles. The molecule has 1 aliphatic heterocycles. The number of hydrogen-bond acceptors (Lipinski definition) is 3. The van der Waals surface area contributed by atoms with Crippen LogP contribution >= 0.6 is 11.8 Å². The van der Waals surface area contributed by atoms with Crippen LogP contribution in [0.4, 0.5) is 0 Å². The number of carboxylic acids is 1. The van der Waals surface area contributed by atoms with Gasteiger partial charge in [0.1, 0.15) is 0 Å². The molecule has 1 N–H and O–H groups in total. The van der Waals surface area contributed by atoms with Crippen LogP contribution in [0.3, 0.4) is 0 Å². The Labute approximate surface area is 158 Å². The van der Waals surface area contributed by atoms with Crippen molar-refractivity contribution in [1.29, 1.82) is 0 Å². The number of rotatable bonds is 4. The molecule has 0 radical (unpaired) electrons. The molecule has 1 saturated heterocycles. The van der Waals surface area contributed by atoms with Crippen LogP contribution < -0.4 is 0 Å². The first-order valence-corrected chi connectivity index (χ1v) is 10.1. The third-order valence-electron chi connectivity index (χ3n) is 4.85. The van der Waals surface area contributed by atoms with E-state index in [0.717, 1.165) is 32.4 Å². The predicted octanol–water partition coefficient (Wildman–Crippen LogP) is 4.41. The topological polar surface area (TPSA) is 57.6 Å². The van der Waals surface area contributed by atoms with Crippen molar-refractivity contribution in [2.24, 2.45) is 0 Å². The average molecular weight is 369 g/mol. The van der Waals surface area contributed by atoms with Gasteiger partial charge in [0.25, 0.3) is 5.91 Å². The van der Waals surface area contributed by atoms with Crippen LogP contribution in [0.2, 0.25) is 0 Å². The molecule has 0 bridgehead atoms. The molecule has 0 aliphatic carbocycles. The Bertz CT molecular complexity index is 805. The zero-order valence-electron chi connectivity index (χ0n) is 14.9. The standard InChI is InChI=1S/C21H23NO3S/c1-26-15-8-6-7-13-22(14-15)20(23)18-11-4-2-9-16(18)17-10-3-5-12-19(17)21(24)25/h2-5,9-12,15H,6-8,13-14H2,1H3,(H,24,25). The first-order chi connectivity index (χ1) is 12.6. The molecule has 5 heteroatoms. The van der Waals surface area contributed by atoms with Gasteiger partial charge in [-0.05, 0) is 42.4 Å². The first kappa shape index (κ1) is 18.5. The number of benzene rings is 2. The highest BCUT2D eigenvalue weighted by Crippen LogP contribution is 2.29. The summed E-state index contributed by atoms with van der Waals surface area (Å²) in [4.78, 5) is 26.8. The molecule has 1 unspecified atom stereocenters. The Morgan fingerprint density at radius 2 is 1.62 bits per heavy atom. The van der Waals surface area contributed by atoms with E-state index in [9.17, 15) is 14.7 Å². The highest BCUT2D eigenvalue weighted by atomic mass is 32.2. The lowest BCUT2D eigenvalue weighted by Gasteiger charge is -2.25. The molecule has 2 aromatic carbocycles. The molecule has 1 aliphatic rings. The van der Waals surface area contributed by atoms with Crippen molar-refractivity contribution in [3.8, 4) is 11.1 Å². The van der Waals surface area contributed by atoms with Crippen molar-refractivity contribution in [2.45, 2.75) is 24.5 Å².